The van der Waals surface area contributed by atoms with Gasteiger partial charge in [0, 0.05) is 23.2 Å². The fourth-order valence-corrected chi connectivity index (χ4v) is 3.83. The van der Waals surface area contributed by atoms with E-state index >= 15 is 0 Å². The van der Waals surface area contributed by atoms with Crippen molar-refractivity contribution in [3.8, 4) is 0 Å². The van der Waals surface area contributed by atoms with Crippen molar-refractivity contribution in [2.45, 2.75) is 0 Å². The molecule has 0 amide bonds. The van der Waals surface area contributed by atoms with Gasteiger partial charge in [-0.15, -0.1) is 0 Å². The Bertz CT molecular complexity index is 574. The molecule has 1 saturated heterocycles. The molecule has 0 spiro atoms. The second kappa shape index (κ2) is 6.86. The van der Waals surface area contributed by atoms with E-state index in [1.54, 1.807) is 12.1 Å². The van der Waals surface area contributed by atoms with Gasteiger partial charge in [-0.1, -0.05) is 12.1 Å². The van der Waals surface area contributed by atoms with E-state index in [4.69, 9.17) is 4.74 Å². The van der Waals surface area contributed by atoms with Crippen LogP contribution in [0, 0.1) is 3.57 Å². The Kier molecular flexibility index (Phi) is 5.39. The molecule has 1 aromatic carbocycles. The molecule has 1 aliphatic heterocycles. The summed E-state index contributed by atoms with van der Waals surface area (Å²) >= 11 is 2.10. The maximum absolute atomic E-state index is 11.9. The summed E-state index contributed by atoms with van der Waals surface area (Å²) in [6.07, 6.45) is 0. The highest BCUT2D eigenvalue weighted by molar-refractivity contribution is 14.1. The maximum Gasteiger partial charge on any atom is 0.339 e. The number of ether oxygens (including phenoxy) is 1. The normalized spacial score (nSPS) is 18.6. The fraction of sp³-hybridized carbons (Fsp3) is 0.462. The van der Waals surface area contributed by atoms with Crippen LogP contribution in [0.3, 0.4) is 0 Å². The average molecular weight is 409 g/mol. The van der Waals surface area contributed by atoms with Gasteiger partial charge >= 0.3 is 5.97 Å². The van der Waals surface area contributed by atoms with E-state index in [2.05, 4.69) is 22.6 Å². The Hall–Kier alpha value is -0.670. The van der Waals surface area contributed by atoms with Gasteiger partial charge in [0.05, 0.1) is 17.1 Å². The van der Waals surface area contributed by atoms with Gasteiger partial charge in [0.15, 0.2) is 9.84 Å². The molecule has 1 heterocycles. The highest BCUT2D eigenvalue weighted by Crippen LogP contribution is 2.12. The standard InChI is InChI=1S/C13H16INO4S/c14-12-4-2-1-3-11(12)13(16)19-8-5-15-6-9-20(17,18)10-7-15/h1-4H,5-10H2. The molecule has 0 bridgehead atoms. The number of sulfone groups is 1. The summed E-state index contributed by atoms with van der Waals surface area (Å²) in [6, 6.07) is 7.26. The number of hydrogen-bond acceptors (Lipinski definition) is 5. The van der Waals surface area contributed by atoms with E-state index in [-0.39, 0.29) is 24.1 Å². The van der Waals surface area contributed by atoms with E-state index in [0.717, 1.165) is 3.57 Å². The smallest absolute Gasteiger partial charge is 0.339 e. The van der Waals surface area contributed by atoms with Crippen LogP contribution in [0.2, 0.25) is 0 Å². The molecule has 1 aliphatic rings. The zero-order valence-corrected chi connectivity index (χ0v) is 13.9. The lowest BCUT2D eigenvalue weighted by Gasteiger charge is -2.26. The van der Waals surface area contributed by atoms with Crippen LogP contribution in [0.4, 0.5) is 0 Å². The van der Waals surface area contributed by atoms with Crippen molar-refractivity contribution in [2.75, 3.05) is 37.7 Å². The molecular weight excluding hydrogens is 393 g/mol. The van der Waals surface area contributed by atoms with Gasteiger partial charge < -0.3 is 4.74 Å². The number of benzene rings is 1. The van der Waals surface area contributed by atoms with Crippen molar-refractivity contribution in [3.63, 3.8) is 0 Å². The van der Waals surface area contributed by atoms with Crippen molar-refractivity contribution in [3.05, 3.63) is 33.4 Å². The summed E-state index contributed by atoms with van der Waals surface area (Å²) in [5.41, 5.74) is 0.564. The minimum absolute atomic E-state index is 0.192. The summed E-state index contributed by atoms with van der Waals surface area (Å²) in [5.74, 6) is 0.0503. The SMILES string of the molecule is O=C(OCCN1CCS(=O)(=O)CC1)c1ccccc1I. The summed E-state index contributed by atoms with van der Waals surface area (Å²) in [5, 5.41) is 0. The quantitative estimate of drug-likeness (QED) is 0.552. The third kappa shape index (κ3) is 4.42. The number of rotatable bonds is 4. The summed E-state index contributed by atoms with van der Waals surface area (Å²) in [7, 11) is -2.86. The number of carbonyl (C=O) groups excluding carboxylic acids is 1. The molecule has 2 rings (SSSR count). The number of hydrogen-bond donors (Lipinski definition) is 0. The highest BCUT2D eigenvalue weighted by Gasteiger charge is 2.21. The number of esters is 1. The first-order valence-corrected chi connectivity index (χ1v) is 9.22. The lowest BCUT2D eigenvalue weighted by Crippen LogP contribution is -2.41. The van der Waals surface area contributed by atoms with Gasteiger partial charge in [0.25, 0.3) is 0 Å². The molecule has 0 radical (unpaired) electrons. The van der Waals surface area contributed by atoms with Crippen molar-refractivity contribution in [1.29, 1.82) is 0 Å². The van der Waals surface area contributed by atoms with Gasteiger partial charge in [0.2, 0.25) is 0 Å². The Labute approximate surface area is 132 Å². The van der Waals surface area contributed by atoms with Crippen LogP contribution in [0.15, 0.2) is 24.3 Å². The Morgan fingerprint density at radius 2 is 1.90 bits per heavy atom. The minimum Gasteiger partial charge on any atom is -0.461 e. The first-order chi connectivity index (χ1) is 9.48. The summed E-state index contributed by atoms with van der Waals surface area (Å²) in [6.45, 7) is 1.89. The molecule has 1 aromatic rings. The van der Waals surface area contributed by atoms with Crippen LogP contribution in [0.1, 0.15) is 10.4 Å². The topological polar surface area (TPSA) is 63.7 Å². The molecule has 1 fully saturated rings. The fourth-order valence-electron chi connectivity index (χ4n) is 1.95. The van der Waals surface area contributed by atoms with Crippen LogP contribution in [0.5, 0.6) is 0 Å². The Balaban J connectivity index is 1.77. The highest BCUT2D eigenvalue weighted by atomic mass is 127. The molecule has 5 nitrogen and oxygen atoms in total. The van der Waals surface area contributed by atoms with E-state index in [9.17, 15) is 13.2 Å². The van der Waals surface area contributed by atoms with Crippen molar-refractivity contribution in [1.82, 2.24) is 4.90 Å². The third-order valence-corrected chi connectivity index (χ3v) is 5.72. The van der Waals surface area contributed by atoms with Crippen LogP contribution >= 0.6 is 22.6 Å². The van der Waals surface area contributed by atoms with Crippen LogP contribution in [0.25, 0.3) is 0 Å². The van der Waals surface area contributed by atoms with E-state index in [0.29, 0.717) is 25.2 Å². The van der Waals surface area contributed by atoms with Gasteiger partial charge in [-0.25, -0.2) is 13.2 Å². The molecule has 0 atom stereocenters. The molecule has 0 saturated carbocycles. The van der Waals surface area contributed by atoms with E-state index < -0.39 is 9.84 Å². The molecule has 0 N–H and O–H groups in total. The number of halogens is 1. The third-order valence-electron chi connectivity index (χ3n) is 3.17. The van der Waals surface area contributed by atoms with E-state index in [1.807, 2.05) is 17.0 Å². The van der Waals surface area contributed by atoms with Gasteiger partial charge in [0.1, 0.15) is 6.61 Å². The minimum atomic E-state index is -2.86. The molecule has 0 aliphatic carbocycles. The summed E-state index contributed by atoms with van der Waals surface area (Å²) in [4.78, 5) is 13.9. The molecule has 110 valence electrons. The second-order valence-electron chi connectivity index (χ2n) is 4.61. The monoisotopic (exact) mass is 409 g/mol. The van der Waals surface area contributed by atoms with Crippen molar-refractivity contribution in [2.24, 2.45) is 0 Å². The molecule has 0 aromatic heterocycles. The summed E-state index contributed by atoms with van der Waals surface area (Å²) < 4.78 is 28.7. The lowest BCUT2D eigenvalue weighted by atomic mass is 10.2. The predicted octanol–water partition coefficient (Wildman–Crippen LogP) is 1.18. The molecular formula is C13H16INO4S. The zero-order chi connectivity index (χ0) is 14.6. The second-order valence-corrected chi connectivity index (χ2v) is 8.08. The molecule has 7 heteroatoms. The van der Waals surface area contributed by atoms with Crippen molar-refractivity contribution >= 4 is 38.4 Å². The Morgan fingerprint density at radius 3 is 2.55 bits per heavy atom. The van der Waals surface area contributed by atoms with Crippen LogP contribution < -0.4 is 0 Å². The first-order valence-electron chi connectivity index (χ1n) is 6.32. The maximum atomic E-state index is 11.9. The zero-order valence-electron chi connectivity index (χ0n) is 10.9. The van der Waals surface area contributed by atoms with Crippen LogP contribution in [-0.4, -0.2) is 57.0 Å². The lowest BCUT2D eigenvalue weighted by molar-refractivity contribution is 0.0464. The van der Waals surface area contributed by atoms with E-state index in [1.165, 1.54) is 0 Å². The Morgan fingerprint density at radius 1 is 1.25 bits per heavy atom. The average Bonchev–Trinajstić information content (AvgIpc) is 2.41. The first kappa shape index (κ1) is 15.7. The molecule has 0 unspecified atom stereocenters. The molecule has 20 heavy (non-hydrogen) atoms. The van der Waals surface area contributed by atoms with Gasteiger partial charge in [-0.3, -0.25) is 4.90 Å². The van der Waals surface area contributed by atoms with Crippen molar-refractivity contribution < 1.29 is 17.9 Å². The largest absolute Gasteiger partial charge is 0.461 e. The van der Waals surface area contributed by atoms with Gasteiger partial charge in [-0.05, 0) is 34.7 Å². The van der Waals surface area contributed by atoms with Gasteiger partial charge in [-0.2, -0.15) is 0 Å². The van der Waals surface area contributed by atoms with Crippen LogP contribution in [-0.2, 0) is 14.6 Å². The predicted molar refractivity (Wildman–Crippen MR) is 84.5 cm³/mol. The number of nitrogens with zero attached hydrogens (tertiary/aromatic N) is 1. The number of carbonyl (C=O) groups is 1.